The van der Waals surface area contributed by atoms with Gasteiger partial charge in [0, 0.05) is 16.2 Å². The van der Waals surface area contributed by atoms with Crippen LogP contribution in [0.25, 0.3) is 0 Å². The molecule has 0 amide bonds. The number of thiophene rings is 1. The monoisotopic (exact) mass is 386 g/mol. The van der Waals surface area contributed by atoms with E-state index in [2.05, 4.69) is 0 Å². The van der Waals surface area contributed by atoms with Crippen LogP contribution in [0.5, 0.6) is 0 Å². The molecule has 0 saturated heterocycles. The number of anilines is 1. The third-order valence-electron chi connectivity index (χ3n) is 3.15. The molecule has 0 saturated carbocycles. The molecule has 0 aliphatic rings. The Bertz CT molecular complexity index is 826. The first-order valence-electron chi connectivity index (χ1n) is 7.06. The van der Waals surface area contributed by atoms with Gasteiger partial charge in [0.05, 0.1) is 17.7 Å². The smallest absolute Gasteiger partial charge is 0.416 e. The van der Waals surface area contributed by atoms with E-state index >= 15 is 0 Å². The van der Waals surface area contributed by atoms with E-state index in [0.717, 1.165) is 35.2 Å². The second-order valence-electron chi connectivity index (χ2n) is 4.80. The van der Waals surface area contributed by atoms with Gasteiger partial charge in [-0.2, -0.15) is 18.4 Å². The number of hydrogen-bond donors (Lipinski definition) is 1. The summed E-state index contributed by atoms with van der Waals surface area (Å²) in [6.07, 6.45) is -4.43. The van der Waals surface area contributed by atoms with Crippen molar-refractivity contribution >= 4 is 34.1 Å². The van der Waals surface area contributed by atoms with Gasteiger partial charge in [-0.15, -0.1) is 23.1 Å². The van der Waals surface area contributed by atoms with Crippen molar-refractivity contribution in [2.24, 2.45) is 0 Å². The van der Waals surface area contributed by atoms with Crippen LogP contribution in [0.3, 0.4) is 0 Å². The van der Waals surface area contributed by atoms with Crippen LogP contribution in [0.15, 0.2) is 29.2 Å². The molecule has 4 nitrogen and oxygen atoms in total. The molecule has 0 aliphatic carbocycles. The molecule has 2 rings (SSSR count). The van der Waals surface area contributed by atoms with Crippen LogP contribution in [0.1, 0.15) is 33.3 Å². The highest BCUT2D eigenvalue weighted by molar-refractivity contribution is 7.98. The fourth-order valence-electron chi connectivity index (χ4n) is 2.02. The molecule has 0 bridgehead atoms. The van der Waals surface area contributed by atoms with Crippen LogP contribution >= 0.6 is 23.1 Å². The number of nitrogen functional groups attached to an aromatic ring is 1. The van der Waals surface area contributed by atoms with Crippen molar-refractivity contribution in [3.63, 3.8) is 0 Å². The standard InChI is InChI=1S/C16H13F3N2O2S2/c1-2-23-15(22)13-12(11(7-20)14(21)25-13)8-24-10-5-3-4-9(6-10)16(17,18)19/h3-6H,2,8,21H2,1H3. The zero-order chi connectivity index (χ0) is 18.6. The van der Waals surface area contributed by atoms with E-state index in [1.54, 1.807) is 6.92 Å². The number of nitrogens with zero attached hydrogens (tertiary/aromatic N) is 1. The van der Waals surface area contributed by atoms with E-state index in [1.165, 1.54) is 12.1 Å². The minimum Gasteiger partial charge on any atom is -0.462 e. The number of carbonyl (C=O) groups is 1. The summed E-state index contributed by atoms with van der Waals surface area (Å²) in [6, 6.07) is 6.79. The maximum Gasteiger partial charge on any atom is 0.416 e. The lowest BCUT2D eigenvalue weighted by molar-refractivity contribution is -0.137. The Morgan fingerprint density at radius 1 is 1.44 bits per heavy atom. The Balaban J connectivity index is 2.29. The van der Waals surface area contributed by atoms with Crippen molar-refractivity contribution in [2.45, 2.75) is 23.7 Å². The summed E-state index contributed by atoms with van der Waals surface area (Å²) in [7, 11) is 0. The average Bonchev–Trinajstić information content (AvgIpc) is 2.88. The van der Waals surface area contributed by atoms with E-state index in [0.29, 0.717) is 10.5 Å². The number of alkyl halides is 3. The fraction of sp³-hybridized carbons (Fsp3) is 0.250. The fourth-order valence-corrected chi connectivity index (χ4v) is 4.03. The predicted octanol–water partition coefficient (Wildman–Crippen LogP) is 4.69. The van der Waals surface area contributed by atoms with Crippen molar-refractivity contribution in [1.29, 1.82) is 5.26 Å². The van der Waals surface area contributed by atoms with Crippen LogP contribution < -0.4 is 5.73 Å². The predicted molar refractivity (Wildman–Crippen MR) is 90.4 cm³/mol. The highest BCUT2D eigenvalue weighted by atomic mass is 32.2. The second kappa shape index (κ2) is 7.80. The topological polar surface area (TPSA) is 76.1 Å². The van der Waals surface area contributed by atoms with Gasteiger partial charge in [-0.1, -0.05) is 6.07 Å². The van der Waals surface area contributed by atoms with Crippen molar-refractivity contribution in [1.82, 2.24) is 0 Å². The number of esters is 1. The maximum atomic E-state index is 12.8. The lowest BCUT2D eigenvalue weighted by Gasteiger charge is -2.09. The van der Waals surface area contributed by atoms with E-state index in [1.807, 2.05) is 6.07 Å². The molecule has 0 fully saturated rings. The number of hydrogen-bond acceptors (Lipinski definition) is 6. The summed E-state index contributed by atoms with van der Waals surface area (Å²) in [5, 5.41) is 9.42. The molecule has 1 aromatic carbocycles. The van der Waals surface area contributed by atoms with Crippen molar-refractivity contribution in [3.8, 4) is 6.07 Å². The molecule has 0 spiro atoms. The number of ether oxygens (including phenoxy) is 1. The minimum atomic E-state index is -4.43. The molecule has 9 heteroatoms. The third-order valence-corrected chi connectivity index (χ3v) is 5.21. The van der Waals surface area contributed by atoms with Crippen molar-refractivity contribution in [2.75, 3.05) is 12.3 Å². The van der Waals surface area contributed by atoms with Gasteiger partial charge in [-0.3, -0.25) is 0 Å². The molecule has 0 atom stereocenters. The second-order valence-corrected chi connectivity index (χ2v) is 6.90. The first kappa shape index (κ1) is 19.1. The molecule has 25 heavy (non-hydrogen) atoms. The number of thioether (sulfide) groups is 1. The Hall–Kier alpha value is -2.18. The maximum absolute atomic E-state index is 12.8. The molecule has 1 aromatic heterocycles. The molecule has 0 radical (unpaired) electrons. The number of carbonyl (C=O) groups excluding carboxylic acids is 1. The van der Waals surface area contributed by atoms with Crippen LogP contribution in [0.2, 0.25) is 0 Å². The molecular formula is C16H13F3N2O2S2. The van der Waals surface area contributed by atoms with E-state index in [4.69, 9.17) is 10.5 Å². The summed E-state index contributed by atoms with van der Waals surface area (Å²) in [4.78, 5) is 12.6. The van der Waals surface area contributed by atoms with Gasteiger partial charge in [0.15, 0.2) is 0 Å². The molecular weight excluding hydrogens is 373 g/mol. The largest absolute Gasteiger partial charge is 0.462 e. The first-order chi connectivity index (χ1) is 11.8. The SMILES string of the molecule is CCOC(=O)c1sc(N)c(C#N)c1CSc1cccc(C(F)(F)F)c1. The van der Waals surface area contributed by atoms with E-state index in [-0.39, 0.29) is 27.8 Å². The van der Waals surface area contributed by atoms with Gasteiger partial charge in [0.2, 0.25) is 0 Å². The van der Waals surface area contributed by atoms with Gasteiger partial charge in [-0.05, 0) is 25.1 Å². The molecule has 2 N–H and O–H groups in total. The van der Waals surface area contributed by atoms with E-state index < -0.39 is 17.7 Å². The van der Waals surface area contributed by atoms with Gasteiger partial charge >= 0.3 is 12.1 Å². The first-order valence-corrected chi connectivity index (χ1v) is 8.86. The number of rotatable bonds is 5. The molecule has 132 valence electrons. The quantitative estimate of drug-likeness (QED) is 0.596. The van der Waals surface area contributed by atoms with Gasteiger partial charge in [-0.25, -0.2) is 4.79 Å². The number of nitriles is 1. The molecule has 1 heterocycles. The Morgan fingerprint density at radius 2 is 2.16 bits per heavy atom. The van der Waals surface area contributed by atoms with E-state index in [9.17, 15) is 23.2 Å². The molecule has 2 aromatic rings. The highest BCUT2D eigenvalue weighted by Gasteiger charge is 2.30. The highest BCUT2D eigenvalue weighted by Crippen LogP contribution is 2.37. The number of nitrogens with two attached hydrogens (primary N) is 1. The minimum absolute atomic E-state index is 0.131. The van der Waals surface area contributed by atoms with Crippen molar-refractivity contribution in [3.05, 3.63) is 45.8 Å². The summed E-state index contributed by atoms with van der Waals surface area (Å²) in [5.74, 6) is -0.466. The summed E-state index contributed by atoms with van der Waals surface area (Å²) in [6.45, 7) is 1.82. The zero-order valence-electron chi connectivity index (χ0n) is 13.0. The van der Waals surface area contributed by atoms with Crippen LogP contribution in [-0.2, 0) is 16.7 Å². The zero-order valence-corrected chi connectivity index (χ0v) is 14.6. The van der Waals surface area contributed by atoms with Crippen LogP contribution in [-0.4, -0.2) is 12.6 Å². The Labute approximate surface area is 150 Å². The number of benzene rings is 1. The Morgan fingerprint density at radius 3 is 2.76 bits per heavy atom. The van der Waals surface area contributed by atoms with Gasteiger partial charge < -0.3 is 10.5 Å². The van der Waals surface area contributed by atoms with Gasteiger partial charge in [0.25, 0.3) is 0 Å². The molecule has 0 unspecified atom stereocenters. The number of halogens is 3. The van der Waals surface area contributed by atoms with Crippen molar-refractivity contribution < 1.29 is 22.7 Å². The van der Waals surface area contributed by atoms with Gasteiger partial charge in [0.1, 0.15) is 15.9 Å². The lowest BCUT2D eigenvalue weighted by atomic mass is 10.2. The summed E-state index contributed by atoms with van der Waals surface area (Å²) < 4.78 is 43.3. The molecule has 0 aliphatic heterocycles. The average molecular weight is 386 g/mol. The Kier molecular flexibility index (Phi) is 5.98. The summed E-state index contributed by atoms with van der Waals surface area (Å²) in [5.41, 5.74) is 5.55. The lowest BCUT2D eigenvalue weighted by Crippen LogP contribution is -2.05. The normalized spacial score (nSPS) is 11.2. The summed E-state index contributed by atoms with van der Waals surface area (Å²) >= 11 is 2.03. The van der Waals surface area contributed by atoms with Crippen LogP contribution in [0, 0.1) is 11.3 Å². The third kappa shape index (κ3) is 4.46. The van der Waals surface area contributed by atoms with Crippen LogP contribution in [0.4, 0.5) is 18.2 Å².